The molecule has 0 spiro atoms. The lowest BCUT2D eigenvalue weighted by Crippen LogP contribution is -2.30. The van der Waals surface area contributed by atoms with Crippen LogP contribution in [0.15, 0.2) is 86.1 Å². The molecule has 0 fully saturated rings. The Bertz CT molecular complexity index is 1510. The first-order valence-electron chi connectivity index (χ1n) is 11.3. The predicted molar refractivity (Wildman–Crippen MR) is 147 cm³/mol. The minimum absolute atomic E-state index is 0.671. The average molecular weight is 480 g/mol. The number of halogens is 1. The van der Waals surface area contributed by atoms with Crippen LogP contribution in [-0.2, 0) is 7.05 Å². The van der Waals surface area contributed by atoms with Gasteiger partial charge in [0.15, 0.2) is 0 Å². The summed E-state index contributed by atoms with van der Waals surface area (Å²) in [5.74, 6) is 0.710. The molecule has 0 unspecified atom stereocenters. The number of hydrogen-bond donors (Lipinski definition) is 1. The molecule has 2 aromatic carbocycles. The van der Waals surface area contributed by atoms with Gasteiger partial charge in [-0.2, -0.15) is 5.10 Å². The normalized spacial score (nSPS) is 13.3. The Morgan fingerprint density at radius 1 is 1.06 bits per heavy atom. The van der Waals surface area contributed by atoms with Gasteiger partial charge < -0.3 is 5.32 Å². The highest BCUT2D eigenvalue weighted by Crippen LogP contribution is 2.43. The largest absolute Gasteiger partial charge is 0.341 e. The molecule has 4 aromatic rings. The summed E-state index contributed by atoms with van der Waals surface area (Å²) in [6, 6.07) is 14.1. The Kier molecular flexibility index (Phi) is 5.79. The number of pyridine rings is 1. The van der Waals surface area contributed by atoms with Crippen LogP contribution in [0.4, 0.5) is 11.4 Å². The molecule has 1 aliphatic rings. The molecule has 6 heteroatoms. The first kappa shape index (κ1) is 22.7. The van der Waals surface area contributed by atoms with E-state index in [9.17, 15) is 0 Å². The summed E-state index contributed by atoms with van der Waals surface area (Å²) in [6.45, 7) is 12.8. The number of allylic oxidation sites excluding steroid dienone is 1. The van der Waals surface area contributed by atoms with Crippen molar-refractivity contribution in [2.75, 3.05) is 10.2 Å². The van der Waals surface area contributed by atoms with E-state index >= 15 is 0 Å². The molecular formula is C29H26ClN5. The highest BCUT2D eigenvalue weighted by atomic mass is 35.5. The molecule has 3 heterocycles. The fourth-order valence-corrected chi connectivity index (χ4v) is 4.84. The Hall–Kier alpha value is -4.09. The van der Waals surface area contributed by atoms with Crippen molar-refractivity contribution in [3.8, 4) is 22.4 Å². The predicted octanol–water partition coefficient (Wildman–Crippen LogP) is 7.52. The van der Waals surface area contributed by atoms with E-state index in [-0.39, 0.29) is 0 Å². The molecule has 0 aliphatic carbocycles. The summed E-state index contributed by atoms with van der Waals surface area (Å²) in [5.41, 5.74) is 9.63. The van der Waals surface area contributed by atoms with E-state index in [1.54, 1.807) is 4.68 Å². The van der Waals surface area contributed by atoms with Gasteiger partial charge in [-0.05, 0) is 43.2 Å². The van der Waals surface area contributed by atoms with Gasteiger partial charge in [-0.15, -0.1) is 0 Å². The van der Waals surface area contributed by atoms with Crippen LogP contribution in [0, 0.1) is 6.92 Å². The molecule has 2 aromatic heterocycles. The molecule has 35 heavy (non-hydrogen) atoms. The maximum absolute atomic E-state index is 6.71. The highest BCUT2D eigenvalue weighted by Gasteiger charge is 2.26. The van der Waals surface area contributed by atoms with Gasteiger partial charge in [-0.1, -0.05) is 61.2 Å². The van der Waals surface area contributed by atoms with Crippen molar-refractivity contribution in [1.82, 2.24) is 14.8 Å². The van der Waals surface area contributed by atoms with Crippen LogP contribution in [0.5, 0.6) is 0 Å². The quantitative estimate of drug-likeness (QED) is 0.329. The van der Waals surface area contributed by atoms with Crippen molar-refractivity contribution in [2.24, 2.45) is 7.05 Å². The van der Waals surface area contributed by atoms with Gasteiger partial charge >= 0.3 is 0 Å². The number of rotatable bonds is 4. The zero-order valence-electron chi connectivity index (χ0n) is 20.0. The first-order valence-corrected chi connectivity index (χ1v) is 11.7. The smallest absolute Gasteiger partial charge is 0.108 e. The SMILES string of the molecule is C=C1Nc2cc(-c3c(Cl)cccc3-c3ccn(C)n3)ccc2C(=C)N1c1cncc(C)c1/C=C\C. The van der Waals surface area contributed by atoms with Crippen LogP contribution in [0.25, 0.3) is 34.2 Å². The van der Waals surface area contributed by atoms with Gasteiger partial charge in [0, 0.05) is 58.1 Å². The molecule has 0 amide bonds. The second kappa shape index (κ2) is 8.93. The topological polar surface area (TPSA) is 46.0 Å². The van der Waals surface area contributed by atoms with Crippen LogP contribution in [0.1, 0.15) is 23.6 Å². The van der Waals surface area contributed by atoms with Crippen molar-refractivity contribution in [1.29, 1.82) is 0 Å². The number of nitrogens with one attached hydrogen (secondary N) is 1. The summed E-state index contributed by atoms with van der Waals surface area (Å²) in [5, 5.41) is 8.74. The molecule has 0 bridgehead atoms. The molecule has 0 saturated carbocycles. The zero-order chi connectivity index (χ0) is 24.7. The number of aryl methyl sites for hydroxylation is 2. The van der Waals surface area contributed by atoms with Crippen molar-refractivity contribution >= 4 is 34.7 Å². The molecule has 0 atom stereocenters. The summed E-state index contributed by atoms with van der Waals surface area (Å²) < 4.78 is 1.79. The van der Waals surface area contributed by atoms with Gasteiger partial charge in [-0.25, -0.2) is 0 Å². The zero-order valence-corrected chi connectivity index (χ0v) is 20.8. The Balaban J connectivity index is 1.60. The fourth-order valence-electron chi connectivity index (χ4n) is 4.55. The Morgan fingerprint density at radius 2 is 1.89 bits per heavy atom. The third kappa shape index (κ3) is 3.94. The number of hydrogen-bond acceptors (Lipinski definition) is 4. The standard InChI is InChI=1S/C29H26ClN5/c1-6-8-22-18(2)16-31-17-28(22)35-19(3)23-12-11-21(15-27(23)32-20(35)4)29-24(9-7-10-25(29)30)26-13-14-34(5)33-26/h6-17,32H,3-4H2,1-2,5H3/b8-6-. The van der Waals surface area contributed by atoms with E-state index < -0.39 is 0 Å². The third-order valence-corrected chi connectivity index (χ3v) is 6.50. The maximum Gasteiger partial charge on any atom is 0.108 e. The van der Waals surface area contributed by atoms with E-state index in [4.69, 9.17) is 11.6 Å². The second-order valence-electron chi connectivity index (χ2n) is 8.54. The highest BCUT2D eigenvalue weighted by molar-refractivity contribution is 6.34. The molecule has 174 valence electrons. The minimum atomic E-state index is 0.671. The Labute approximate surface area is 210 Å². The number of fused-ring (bicyclic) bond motifs is 1. The van der Waals surface area contributed by atoms with E-state index in [0.29, 0.717) is 10.8 Å². The lowest BCUT2D eigenvalue weighted by atomic mass is 9.94. The van der Waals surface area contributed by atoms with Crippen LogP contribution in [-0.4, -0.2) is 14.8 Å². The van der Waals surface area contributed by atoms with Gasteiger partial charge in [0.25, 0.3) is 0 Å². The molecule has 1 N–H and O–H groups in total. The molecule has 5 nitrogen and oxygen atoms in total. The lowest BCUT2D eigenvalue weighted by molar-refractivity contribution is 0.771. The number of anilines is 2. The summed E-state index contributed by atoms with van der Waals surface area (Å²) in [4.78, 5) is 6.44. The van der Waals surface area contributed by atoms with Crippen molar-refractivity contribution in [2.45, 2.75) is 13.8 Å². The average Bonchev–Trinajstić information content (AvgIpc) is 3.26. The third-order valence-electron chi connectivity index (χ3n) is 6.18. The van der Waals surface area contributed by atoms with Gasteiger partial charge in [-0.3, -0.25) is 14.6 Å². The van der Waals surface area contributed by atoms with Crippen LogP contribution < -0.4 is 10.2 Å². The number of nitrogens with zero attached hydrogens (tertiary/aromatic N) is 4. The van der Waals surface area contributed by atoms with Gasteiger partial charge in [0.05, 0.1) is 17.6 Å². The van der Waals surface area contributed by atoms with Crippen LogP contribution in [0.2, 0.25) is 5.02 Å². The van der Waals surface area contributed by atoms with E-state index in [0.717, 1.165) is 56.1 Å². The van der Waals surface area contributed by atoms with Crippen molar-refractivity contribution < 1.29 is 0 Å². The molecule has 0 radical (unpaired) electrons. The van der Waals surface area contributed by atoms with E-state index in [1.165, 1.54) is 0 Å². The van der Waals surface area contributed by atoms with Gasteiger partial charge in [0.2, 0.25) is 0 Å². The fraction of sp³-hybridized carbons (Fsp3) is 0.103. The van der Waals surface area contributed by atoms with Gasteiger partial charge in [0.1, 0.15) is 5.82 Å². The Morgan fingerprint density at radius 3 is 2.63 bits per heavy atom. The first-order chi connectivity index (χ1) is 16.9. The monoisotopic (exact) mass is 479 g/mol. The lowest BCUT2D eigenvalue weighted by Gasteiger charge is -2.36. The molecule has 0 saturated heterocycles. The number of benzene rings is 2. The summed E-state index contributed by atoms with van der Waals surface area (Å²) >= 11 is 6.71. The van der Waals surface area contributed by atoms with E-state index in [2.05, 4.69) is 59.8 Å². The second-order valence-corrected chi connectivity index (χ2v) is 8.95. The summed E-state index contributed by atoms with van der Waals surface area (Å²) in [7, 11) is 1.91. The van der Waals surface area contributed by atoms with Crippen LogP contribution >= 0.6 is 11.6 Å². The molecular weight excluding hydrogens is 454 g/mol. The van der Waals surface area contributed by atoms with Crippen molar-refractivity contribution in [3.63, 3.8) is 0 Å². The maximum atomic E-state index is 6.71. The molecule has 5 rings (SSSR count). The summed E-state index contributed by atoms with van der Waals surface area (Å²) in [6.07, 6.45) is 9.76. The number of aromatic nitrogens is 3. The van der Waals surface area contributed by atoms with Crippen molar-refractivity contribution in [3.05, 3.63) is 108 Å². The molecule has 1 aliphatic heterocycles. The minimum Gasteiger partial charge on any atom is -0.341 e. The van der Waals surface area contributed by atoms with Crippen LogP contribution in [0.3, 0.4) is 0 Å². The van der Waals surface area contributed by atoms with E-state index in [1.807, 2.05) is 67.8 Å².